The zero-order valence-corrected chi connectivity index (χ0v) is 17.2. The summed E-state index contributed by atoms with van der Waals surface area (Å²) in [7, 11) is 1.59. The maximum atomic E-state index is 13.2. The van der Waals surface area contributed by atoms with E-state index in [1.807, 2.05) is 18.2 Å². The molecule has 4 rings (SSSR count). The van der Waals surface area contributed by atoms with Gasteiger partial charge in [-0.25, -0.2) is 4.98 Å². The van der Waals surface area contributed by atoms with Crippen LogP contribution in [0.3, 0.4) is 0 Å². The average Bonchev–Trinajstić information content (AvgIpc) is 3.22. The topological polar surface area (TPSA) is 97.9 Å². The lowest BCUT2D eigenvalue weighted by Gasteiger charge is -2.13. The Morgan fingerprint density at radius 3 is 2.55 bits per heavy atom. The van der Waals surface area contributed by atoms with Gasteiger partial charge in [0.25, 0.3) is 11.6 Å². The van der Waals surface area contributed by atoms with E-state index in [0.29, 0.717) is 22.0 Å². The number of hydrogen-bond acceptors (Lipinski definition) is 7. The van der Waals surface area contributed by atoms with Crippen LogP contribution in [0.25, 0.3) is 10.2 Å². The van der Waals surface area contributed by atoms with Crippen molar-refractivity contribution < 1.29 is 14.5 Å². The second-order valence-corrected chi connectivity index (χ2v) is 7.42. The lowest BCUT2D eigenvalue weighted by Crippen LogP contribution is -2.25. The minimum atomic E-state index is -0.471. The smallest absolute Gasteiger partial charge is 0.280 e. The molecule has 1 amide bonds. The van der Waals surface area contributed by atoms with E-state index in [1.165, 1.54) is 34.7 Å². The molecule has 31 heavy (non-hydrogen) atoms. The highest BCUT2D eigenvalue weighted by Gasteiger charge is 2.21. The maximum Gasteiger partial charge on any atom is 0.280 e. The number of aromatic nitrogens is 1. The second kappa shape index (κ2) is 8.72. The molecule has 0 aliphatic rings. The Balaban J connectivity index is 1.72. The summed E-state index contributed by atoms with van der Waals surface area (Å²) in [4.78, 5) is 28.1. The predicted molar refractivity (Wildman–Crippen MR) is 120 cm³/mol. The van der Waals surface area contributed by atoms with Crippen molar-refractivity contribution >= 4 is 44.5 Å². The number of rotatable bonds is 6. The van der Waals surface area contributed by atoms with E-state index >= 15 is 0 Å². The molecule has 8 nitrogen and oxygen atoms in total. The average molecular weight is 432 g/mol. The first kappa shape index (κ1) is 20.2. The SMILES string of the molecule is COc1ccc2nc(N(/N=C/c3ccc([N+](=O)[O-])cc3)C(=O)c3ccccc3)sc2c1. The molecule has 0 fully saturated rings. The largest absolute Gasteiger partial charge is 0.497 e. The van der Waals surface area contributed by atoms with Crippen molar-refractivity contribution in [3.8, 4) is 5.75 Å². The number of nitrogens with zero attached hydrogens (tertiary/aromatic N) is 4. The summed E-state index contributed by atoms with van der Waals surface area (Å²) in [6, 6.07) is 20.1. The van der Waals surface area contributed by atoms with Crippen LogP contribution in [0, 0.1) is 10.1 Å². The summed E-state index contributed by atoms with van der Waals surface area (Å²) in [6.45, 7) is 0. The Hall–Kier alpha value is -4.11. The van der Waals surface area contributed by atoms with Crippen LogP contribution < -0.4 is 9.75 Å². The van der Waals surface area contributed by atoms with Crippen LogP contribution in [0.5, 0.6) is 5.75 Å². The van der Waals surface area contributed by atoms with Gasteiger partial charge in [0.1, 0.15) is 5.75 Å². The van der Waals surface area contributed by atoms with Gasteiger partial charge in [-0.3, -0.25) is 14.9 Å². The molecule has 0 unspecified atom stereocenters. The van der Waals surface area contributed by atoms with Gasteiger partial charge >= 0.3 is 0 Å². The fourth-order valence-corrected chi connectivity index (χ4v) is 3.76. The Kier molecular flexibility index (Phi) is 5.67. The Morgan fingerprint density at radius 2 is 1.87 bits per heavy atom. The number of ether oxygens (including phenoxy) is 1. The fraction of sp³-hybridized carbons (Fsp3) is 0.0455. The van der Waals surface area contributed by atoms with Gasteiger partial charge in [0.05, 0.1) is 28.5 Å². The zero-order chi connectivity index (χ0) is 21.8. The zero-order valence-electron chi connectivity index (χ0n) is 16.3. The third-order valence-electron chi connectivity index (χ3n) is 4.40. The van der Waals surface area contributed by atoms with E-state index in [4.69, 9.17) is 4.74 Å². The highest BCUT2D eigenvalue weighted by Crippen LogP contribution is 2.32. The first-order valence-electron chi connectivity index (χ1n) is 9.17. The molecule has 154 valence electrons. The van der Waals surface area contributed by atoms with Crippen molar-refractivity contribution in [1.29, 1.82) is 0 Å². The standard InChI is InChI=1S/C22H16N4O4S/c1-30-18-11-12-19-20(13-18)31-22(24-19)25(21(27)16-5-3-2-4-6-16)23-14-15-7-9-17(10-8-15)26(28)29/h2-14H,1H3/b23-14+. The van der Waals surface area contributed by atoms with Crippen molar-refractivity contribution in [2.45, 2.75) is 0 Å². The lowest BCUT2D eigenvalue weighted by atomic mass is 10.2. The van der Waals surface area contributed by atoms with Crippen molar-refractivity contribution in [1.82, 2.24) is 4.98 Å². The number of hydrazone groups is 1. The number of anilines is 1. The van der Waals surface area contributed by atoms with E-state index < -0.39 is 4.92 Å². The fourth-order valence-electron chi connectivity index (χ4n) is 2.81. The number of amides is 1. The quantitative estimate of drug-likeness (QED) is 0.245. The number of fused-ring (bicyclic) bond motifs is 1. The summed E-state index contributed by atoms with van der Waals surface area (Å²) in [5.41, 5.74) is 1.77. The number of methoxy groups -OCH3 is 1. The number of benzene rings is 3. The van der Waals surface area contributed by atoms with E-state index in [1.54, 1.807) is 49.6 Å². The molecule has 0 aliphatic carbocycles. The molecule has 3 aromatic carbocycles. The minimum Gasteiger partial charge on any atom is -0.497 e. The third-order valence-corrected chi connectivity index (χ3v) is 5.40. The molecule has 9 heteroatoms. The molecular formula is C22H16N4O4S. The molecule has 4 aromatic rings. The van der Waals surface area contributed by atoms with Crippen LogP contribution in [-0.4, -0.2) is 29.1 Å². The Morgan fingerprint density at radius 1 is 1.13 bits per heavy atom. The number of thiazole rings is 1. The van der Waals surface area contributed by atoms with Crippen molar-refractivity contribution in [3.63, 3.8) is 0 Å². The molecule has 1 aromatic heterocycles. The van der Waals surface area contributed by atoms with Crippen molar-refractivity contribution in [2.24, 2.45) is 5.10 Å². The van der Waals surface area contributed by atoms with Gasteiger partial charge in [-0.2, -0.15) is 10.1 Å². The van der Waals surface area contributed by atoms with Crippen LogP contribution in [0.15, 0.2) is 77.9 Å². The van der Waals surface area contributed by atoms with Gasteiger partial charge in [-0.05, 0) is 48.0 Å². The van der Waals surface area contributed by atoms with E-state index in [9.17, 15) is 14.9 Å². The van der Waals surface area contributed by atoms with Gasteiger partial charge in [0.2, 0.25) is 5.13 Å². The predicted octanol–water partition coefficient (Wildman–Crippen LogP) is 4.89. The Bertz CT molecular complexity index is 1270. The molecular weight excluding hydrogens is 416 g/mol. The molecule has 0 saturated carbocycles. The molecule has 0 atom stereocenters. The van der Waals surface area contributed by atoms with Gasteiger partial charge in [-0.15, -0.1) is 0 Å². The van der Waals surface area contributed by atoms with Gasteiger partial charge < -0.3 is 4.74 Å². The number of nitro benzene ring substituents is 1. The Labute approximate surface area is 181 Å². The number of carbonyl (C=O) groups is 1. The summed E-state index contributed by atoms with van der Waals surface area (Å²) >= 11 is 1.31. The van der Waals surface area contributed by atoms with Crippen molar-refractivity contribution in [2.75, 3.05) is 12.1 Å². The molecule has 0 aliphatic heterocycles. The van der Waals surface area contributed by atoms with Gasteiger partial charge in [-0.1, -0.05) is 29.5 Å². The molecule has 0 N–H and O–H groups in total. The minimum absolute atomic E-state index is 0.0190. The number of nitro groups is 1. The highest BCUT2D eigenvalue weighted by molar-refractivity contribution is 7.22. The normalized spacial score (nSPS) is 11.0. The first-order chi connectivity index (χ1) is 15.0. The van der Waals surface area contributed by atoms with Gasteiger partial charge in [0, 0.05) is 17.7 Å². The number of carbonyl (C=O) groups excluding carboxylic acids is 1. The third kappa shape index (κ3) is 4.41. The van der Waals surface area contributed by atoms with E-state index in [0.717, 1.165) is 10.2 Å². The summed E-state index contributed by atoms with van der Waals surface area (Å²) in [5, 5.41) is 16.8. The van der Waals surface area contributed by atoms with Crippen LogP contribution in [0.4, 0.5) is 10.8 Å². The molecule has 0 radical (unpaired) electrons. The van der Waals surface area contributed by atoms with Crippen LogP contribution in [0.1, 0.15) is 15.9 Å². The van der Waals surface area contributed by atoms with Crippen LogP contribution in [0.2, 0.25) is 0 Å². The molecule has 0 saturated heterocycles. The molecule has 0 bridgehead atoms. The second-order valence-electron chi connectivity index (χ2n) is 6.41. The summed E-state index contributed by atoms with van der Waals surface area (Å²) < 4.78 is 6.11. The number of non-ortho nitro benzene ring substituents is 1. The van der Waals surface area contributed by atoms with Crippen molar-refractivity contribution in [3.05, 3.63) is 94.0 Å². The summed E-state index contributed by atoms with van der Waals surface area (Å²) in [6.07, 6.45) is 1.47. The van der Waals surface area contributed by atoms with Crippen LogP contribution in [-0.2, 0) is 0 Å². The van der Waals surface area contributed by atoms with E-state index in [-0.39, 0.29) is 11.6 Å². The molecule has 1 heterocycles. The van der Waals surface area contributed by atoms with Crippen LogP contribution >= 0.6 is 11.3 Å². The summed E-state index contributed by atoms with van der Waals surface area (Å²) in [5.74, 6) is 0.350. The lowest BCUT2D eigenvalue weighted by molar-refractivity contribution is -0.384. The first-order valence-corrected chi connectivity index (χ1v) is 9.99. The highest BCUT2D eigenvalue weighted by atomic mass is 32.1. The molecule has 0 spiro atoms. The maximum absolute atomic E-state index is 13.2. The van der Waals surface area contributed by atoms with E-state index in [2.05, 4.69) is 10.1 Å². The number of hydrogen-bond donors (Lipinski definition) is 0. The monoisotopic (exact) mass is 432 g/mol. The van der Waals surface area contributed by atoms with Gasteiger partial charge in [0.15, 0.2) is 0 Å².